The molecule has 0 aliphatic carbocycles. The largest absolute Gasteiger partial charge is 0.338 e. The van der Waals surface area contributed by atoms with Crippen LogP contribution >= 0.6 is 24.0 Å². The lowest BCUT2D eigenvalue weighted by Gasteiger charge is -2.33. The number of carbonyl (C=O) groups is 1. The summed E-state index contributed by atoms with van der Waals surface area (Å²) >= 11 is 6.31. The molecule has 2 heterocycles. The number of halogens is 2. The van der Waals surface area contributed by atoms with E-state index in [1.165, 1.54) is 6.42 Å². The molecule has 1 aliphatic rings. The maximum Gasteiger partial charge on any atom is 0.258 e. The van der Waals surface area contributed by atoms with E-state index in [0.29, 0.717) is 16.6 Å². The van der Waals surface area contributed by atoms with E-state index in [9.17, 15) is 4.79 Å². The second kappa shape index (κ2) is 8.18. The van der Waals surface area contributed by atoms with E-state index in [1.54, 1.807) is 11.7 Å². The summed E-state index contributed by atoms with van der Waals surface area (Å²) in [7, 11) is 3.74. The average Bonchev–Trinajstić information content (AvgIpc) is 2.75. The highest BCUT2D eigenvalue weighted by molar-refractivity contribution is 6.33. The molecule has 0 aromatic carbocycles. The predicted molar refractivity (Wildman–Crippen MR) is 92.1 cm³/mol. The molecule has 1 fully saturated rings. The molecule has 22 heavy (non-hydrogen) atoms. The van der Waals surface area contributed by atoms with Crippen molar-refractivity contribution in [1.29, 1.82) is 0 Å². The van der Waals surface area contributed by atoms with Crippen LogP contribution in [0.25, 0.3) is 0 Å². The van der Waals surface area contributed by atoms with Crippen LogP contribution in [0, 0.1) is 5.92 Å². The predicted octanol–water partition coefficient (Wildman–Crippen LogP) is 2.69. The van der Waals surface area contributed by atoms with Gasteiger partial charge in [-0.25, -0.2) is 0 Å². The van der Waals surface area contributed by atoms with Crippen LogP contribution < -0.4 is 5.32 Å². The van der Waals surface area contributed by atoms with Crippen molar-refractivity contribution in [2.45, 2.75) is 32.6 Å². The number of hydrogen-bond acceptors (Lipinski definition) is 3. The van der Waals surface area contributed by atoms with Crippen LogP contribution in [-0.4, -0.2) is 47.3 Å². The third-order valence-corrected chi connectivity index (χ3v) is 4.50. The fourth-order valence-electron chi connectivity index (χ4n) is 2.99. The number of nitrogens with zero attached hydrogens (tertiary/aromatic N) is 3. The summed E-state index contributed by atoms with van der Waals surface area (Å²) < 4.78 is 1.60. The Morgan fingerprint density at radius 1 is 1.50 bits per heavy atom. The van der Waals surface area contributed by atoms with Crippen LogP contribution in [0.2, 0.25) is 5.15 Å². The van der Waals surface area contributed by atoms with E-state index >= 15 is 0 Å². The lowest BCUT2D eigenvalue weighted by atomic mass is 9.97. The van der Waals surface area contributed by atoms with Gasteiger partial charge in [0.05, 0.1) is 11.3 Å². The van der Waals surface area contributed by atoms with Gasteiger partial charge in [-0.2, -0.15) is 5.10 Å². The lowest BCUT2D eigenvalue weighted by molar-refractivity contribution is 0.0673. The first-order chi connectivity index (χ1) is 9.95. The Hall–Kier alpha value is -0.780. The number of aromatic nitrogens is 2. The van der Waals surface area contributed by atoms with Gasteiger partial charge in [0.25, 0.3) is 5.91 Å². The van der Waals surface area contributed by atoms with Crippen LogP contribution in [-0.2, 0) is 7.05 Å². The van der Waals surface area contributed by atoms with Crippen LogP contribution in [0.15, 0.2) is 0 Å². The molecule has 1 amide bonds. The van der Waals surface area contributed by atoms with E-state index in [2.05, 4.69) is 10.4 Å². The van der Waals surface area contributed by atoms with Gasteiger partial charge in [-0.3, -0.25) is 9.48 Å². The minimum absolute atomic E-state index is 0. The van der Waals surface area contributed by atoms with Crippen molar-refractivity contribution < 1.29 is 4.79 Å². The summed E-state index contributed by atoms with van der Waals surface area (Å²) in [4.78, 5) is 14.8. The zero-order chi connectivity index (χ0) is 15.6. The highest BCUT2D eigenvalue weighted by atomic mass is 35.5. The van der Waals surface area contributed by atoms with Gasteiger partial charge >= 0.3 is 0 Å². The summed E-state index contributed by atoms with van der Waals surface area (Å²) in [6.07, 6.45) is 2.22. The molecule has 1 aliphatic heterocycles. The van der Waals surface area contributed by atoms with E-state index in [-0.39, 0.29) is 24.2 Å². The number of hydrogen-bond donors (Lipinski definition) is 1. The van der Waals surface area contributed by atoms with Crippen molar-refractivity contribution in [2.24, 2.45) is 13.0 Å². The molecule has 1 aromatic rings. The summed E-state index contributed by atoms with van der Waals surface area (Å²) in [5.41, 5.74) is 1.38. The van der Waals surface area contributed by atoms with Gasteiger partial charge in [0.15, 0.2) is 0 Å². The molecule has 1 aromatic heterocycles. The number of piperidine rings is 1. The van der Waals surface area contributed by atoms with E-state index in [0.717, 1.165) is 31.7 Å². The standard InChI is InChI=1S/C15H25ClN4O.ClH/c1-10(2)13-12(14(16)19(4)18-13)15(21)20-7-5-6-11(9-20)8-17-3;/h10-11,17H,5-9H2,1-4H3;1H. The maximum absolute atomic E-state index is 12.9. The third-order valence-electron chi connectivity index (χ3n) is 4.06. The molecular formula is C15H26Cl2N4O. The molecule has 0 saturated carbocycles. The van der Waals surface area contributed by atoms with Crippen LogP contribution in [0.5, 0.6) is 0 Å². The fourth-order valence-corrected chi connectivity index (χ4v) is 3.20. The first-order valence-corrected chi connectivity index (χ1v) is 7.99. The Kier molecular flexibility index (Phi) is 7.16. The second-order valence-electron chi connectivity index (χ2n) is 6.15. The summed E-state index contributed by atoms with van der Waals surface area (Å²) in [6, 6.07) is 0. The van der Waals surface area contributed by atoms with Crippen LogP contribution in [0.3, 0.4) is 0 Å². The van der Waals surface area contributed by atoms with E-state index in [4.69, 9.17) is 11.6 Å². The molecule has 5 nitrogen and oxygen atoms in total. The Bertz CT molecular complexity index is 514. The van der Waals surface area contributed by atoms with Gasteiger partial charge < -0.3 is 10.2 Å². The van der Waals surface area contributed by atoms with E-state index in [1.807, 2.05) is 25.8 Å². The van der Waals surface area contributed by atoms with Crippen molar-refractivity contribution in [3.05, 3.63) is 16.4 Å². The van der Waals surface area contributed by atoms with Gasteiger partial charge in [0, 0.05) is 20.1 Å². The monoisotopic (exact) mass is 348 g/mol. The van der Waals surface area contributed by atoms with Gasteiger partial charge in [-0.15, -0.1) is 12.4 Å². The quantitative estimate of drug-likeness (QED) is 0.909. The highest BCUT2D eigenvalue weighted by Gasteiger charge is 2.30. The molecule has 0 spiro atoms. The molecule has 1 saturated heterocycles. The SMILES string of the molecule is CNCC1CCCN(C(=O)c2c(C(C)C)nn(C)c2Cl)C1.Cl. The maximum atomic E-state index is 12.9. The third kappa shape index (κ3) is 3.94. The molecule has 0 bridgehead atoms. The van der Waals surface area contributed by atoms with Gasteiger partial charge in [-0.05, 0) is 38.3 Å². The second-order valence-corrected chi connectivity index (χ2v) is 6.50. The number of rotatable bonds is 4. The summed E-state index contributed by atoms with van der Waals surface area (Å²) in [5, 5.41) is 8.05. The zero-order valence-electron chi connectivity index (χ0n) is 13.7. The van der Waals surface area contributed by atoms with Crippen molar-refractivity contribution in [3.63, 3.8) is 0 Å². The highest BCUT2D eigenvalue weighted by Crippen LogP contribution is 2.28. The normalized spacial score (nSPS) is 18.5. The fraction of sp³-hybridized carbons (Fsp3) is 0.733. The molecule has 1 atom stereocenters. The molecule has 0 radical (unpaired) electrons. The van der Waals surface area contributed by atoms with Crippen molar-refractivity contribution in [2.75, 3.05) is 26.7 Å². The molecule has 2 rings (SSSR count). The topological polar surface area (TPSA) is 50.2 Å². The van der Waals surface area contributed by atoms with Gasteiger partial charge in [-0.1, -0.05) is 25.4 Å². The van der Waals surface area contributed by atoms with Crippen LogP contribution in [0.4, 0.5) is 0 Å². The zero-order valence-corrected chi connectivity index (χ0v) is 15.3. The smallest absolute Gasteiger partial charge is 0.258 e. The molecule has 1 unspecified atom stereocenters. The minimum Gasteiger partial charge on any atom is -0.338 e. The number of likely N-dealkylation sites (tertiary alicyclic amines) is 1. The van der Waals surface area contributed by atoms with Gasteiger partial charge in [0.2, 0.25) is 0 Å². The van der Waals surface area contributed by atoms with Crippen molar-refractivity contribution in [3.8, 4) is 0 Å². The Labute approximate surface area is 143 Å². The Morgan fingerprint density at radius 3 is 2.77 bits per heavy atom. The summed E-state index contributed by atoms with van der Waals surface area (Å²) in [6.45, 7) is 6.62. The average molecular weight is 349 g/mol. The summed E-state index contributed by atoms with van der Waals surface area (Å²) in [5.74, 6) is 0.726. The molecular weight excluding hydrogens is 323 g/mol. The Balaban J connectivity index is 0.00000242. The van der Waals surface area contributed by atoms with Crippen LogP contribution in [0.1, 0.15) is 48.7 Å². The lowest BCUT2D eigenvalue weighted by Crippen LogP contribution is -2.42. The number of carbonyl (C=O) groups excluding carboxylic acids is 1. The van der Waals surface area contributed by atoms with E-state index < -0.39 is 0 Å². The number of amides is 1. The van der Waals surface area contributed by atoms with Crippen molar-refractivity contribution in [1.82, 2.24) is 20.0 Å². The minimum atomic E-state index is 0. The Morgan fingerprint density at radius 2 is 2.18 bits per heavy atom. The first kappa shape index (κ1) is 19.3. The van der Waals surface area contributed by atoms with Gasteiger partial charge in [0.1, 0.15) is 5.15 Å². The number of aryl methyl sites for hydroxylation is 1. The number of nitrogens with one attached hydrogen (secondary N) is 1. The van der Waals surface area contributed by atoms with Crippen molar-refractivity contribution >= 4 is 29.9 Å². The molecule has 7 heteroatoms. The molecule has 126 valence electrons. The first-order valence-electron chi connectivity index (χ1n) is 7.62. The molecule has 1 N–H and O–H groups in total.